The Morgan fingerprint density at radius 2 is 2.29 bits per heavy atom. The molecule has 0 aliphatic carbocycles. The summed E-state index contributed by atoms with van der Waals surface area (Å²) in [6.07, 6.45) is 1.59. The van der Waals surface area contributed by atoms with Crippen LogP contribution in [0.1, 0.15) is 30.0 Å². The molecular weight excluding hydrogens is 289 g/mol. The summed E-state index contributed by atoms with van der Waals surface area (Å²) in [6, 6.07) is 6.48. The summed E-state index contributed by atoms with van der Waals surface area (Å²) < 4.78 is 1.27. The van der Waals surface area contributed by atoms with Crippen LogP contribution in [0.3, 0.4) is 0 Å². The van der Waals surface area contributed by atoms with Crippen LogP contribution in [0.2, 0.25) is 0 Å². The SMILES string of the molecule is Cc1c(I)cccc1C1CCC(=O)N1. The van der Waals surface area contributed by atoms with Crippen LogP contribution < -0.4 is 5.32 Å². The zero-order valence-corrected chi connectivity index (χ0v) is 10.2. The lowest BCUT2D eigenvalue weighted by Gasteiger charge is -2.14. The van der Waals surface area contributed by atoms with Crippen LogP contribution in [-0.2, 0) is 4.79 Å². The zero-order chi connectivity index (χ0) is 10.1. The van der Waals surface area contributed by atoms with Crippen molar-refractivity contribution in [2.75, 3.05) is 0 Å². The maximum Gasteiger partial charge on any atom is 0.220 e. The predicted octanol–water partition coefficient (Wildman–Crippen LogP) is 2.55. The Morgan fingerprint density at radius 3 is 2.93 bits per heavy atom. The van der Waals surface area contributed by atoms with E-state index in [1.54, 1.807) is 0 Å². The fraction of sp³-hybridized carbons (Fsp3) is 0.364. The summed E-state index contributed by atoms with van der Waals surface area (Å²) in [7, 11) is 0. The molecule has 1 amide bonds. The highest BCUT2D eigenvalue weighted by Crippen LogP contribution is 2.28. The Kier molecular flexibility index (Phi) is 2.76. The molecule has 2 rings (SSSR count). The lowest BCUT2D eigenvalue weighted by Crippen LogP contribution is -2.19. The average molecular weight is 301 g/mol. The van der Waals surface area contributed by atoms with Gasteiger partial charge in [-0.15, -0.1) is 0 Å². The van der Waals surface area contributed by atoms with Gasteiger partial charge in [-0.05, 0) is 53.1 Å². The number of hydrogen-bond acceptors (Lipinski definition) is 1. The highest BCUT2D eigenvalue weighted by Gasteiger charge is 2.23. The molecule has 0 radical (unpaired) electrons. The van der Waals surface area contributed by atoms with Gasteiger partial charge in [0.05, 0.1) is 6.04 Å². The number of carbonyl (C=O) groups excluding carboxylic acids is 1. The summed E-state index contributed by atoms with van der Waals surface area (Å²) in [5.74, 6) is 0.174. The van der Waals surface area contributed by atoms with E-state index in [2.05, 4.69) is 53.0 Å². The van der Waals surface area contributed by atoms with E-state index in [-0.39, 0.29) is 11.9 Å². The number of hydrogen-bond donors (Lipinski definition) is 1. The number of benzene rings is 1. The molecule has 1 aliphatic heterocycles. The third-order valence-electron chi connectivity index (χ3n) is 2.68. The Bertz CT molecular complexity index is 376. The Balaban J connectivity index is 2.32. The molecule has 1 heterocycles. The number of halogens is 1. The first-order valence-electron chi connectivity index (χ1n) is 4.73. The van der Waals surface area contributed by atoms with Gasteiger partial charge in [-0.2, -0.15) is 0 Å². The van der Waals surface area contributed by atoms with Gasteiger partial charge in [0.25, 0.3) is 0 Å². The molecule has 1 N–H and O–H groups in total. The minimum atomic E-state index is 0.174. The molecule has 1 aliphatic rings. The fourth-order valence-corrected chi connectivity index (χ4v) is 2.37. The van der Waals surface area contributed by atoms with Crippen molar-refractivity contribution < 1.29 is 4.79 Å². The van der Waals surface area contributed by atoms with Crippen LogP contribution in [0.4, 0.5) is 0 Å². The van der Waals surface area contributed by atoms with Gasteiger partial charge >= 0.3 is 0 Å². The van der Waals surface area contributed by atoms with Gasteiger partial charge in [0.15, 0.2) is 0 Å². The highest BCUT2D eigenvalue weighted by molar-refractivity contribution is 14.1. The molecule has 0 aromatic heterocycles. The molecule has 74 valence electrons. The first kappa shape index (κ1) is 9.96. The fourth-order valence-electron chi connectivity index (χ4n) is 1.85. The van der Waals surface area contributed by atoms with Crippen molar-refractivity contribution in [1.29, 1.82) is 0 Å². The van der Waals surface area contributed by atoms with E-state index >= 15 is 0 Å². The first-order valence-corrected chi connectivity index (χ1v) is 5.81. The van der Waals surface area contributed by atoms with Crippen molar-refractivity contribution >= 4 is 28.5 Å². The molecule has 14 heavy (non-hydrogen) atoms. The van der Waals surface area contributed by atoms with E-state index in [0.717, 1.165) is 6.42 Å². The van der Waals surface area contributed by atoms with Gasteiger partial charge in [-0.3, -0.25) is 4.79 Å². The van der Waals surface area contributed by atoms with Crippen LogP contribution in [0, 0.1) is 10.5 Å². The number of amides is 1. The maximum atomic E-state index is 11.1. The summed E-state index contributed by atoms with van der Waals surface area (Å²) in [5.41, 5.74) is 2.56. The van der Waals surface area contributed by atoms with Gasteiger partial charge < -0.3 is 5.32 Å². The summed E-state index contributed by atoms with van der Waals surface area (Å²) >= 11 is 2.33. The quantitative estimate of drug-likeness (QED) is 0.794. The molecule has 1 fully saturated rings. The second-order valence-corrected chi connectivity index (χ2v) is 4.78. The number of rotatable bonds is 1. The molecule has 2 nitrogen and oxygen atoms in total. The van der Waals surface area contributed by atoms with Gasteiger partial charge in [0, 0.05) is 9.99 Å². The molecule has 1 saturated heterocycles. The minimum absolute atomic E-state index is 0.174. The first-order chi connectivity index (χ1) is 6.68. The van der Waals surface area contributed by atoms with E-state index in [1.807, 2.05) is 0 Å². The second-order valence-electron chi connectivity index (χ2n) is 3.61. The van der Waals surface area contributed by atoms with Gasteiger partial charge in [-0.1, -0.05) is 12.1 Å². The molecule has 0 spiro atoms. The monoisotopic (exact) mass is 301 g/mol. The number of carbonyl (C=O) groups is 1. The van der Waals surface area contributed by atoms with Crippen molar-refractivity contribution in [3.8, 4) is 0 Å². The van der Waals surface area contributed by atoms with Crippen LogP contribution in [-0.4, -0.2) is 5.91 Å². The van der Waals surface area contributed by atoms with Crippen molar-refractivity contribution in [3.63, 3.8) is 0 Å². The van der Waals surface area contributed by atoms with E-state index in [1.165, 1.54) is 14.7 Å². The summed E-state index contributed by atoms with van der Waals surface area (Å²) in [4.78, 5) is 11.1. The minimum Gasteiger partial charge on any atom is -0.349 e. The Hall–Kier alpha value is -0.580. The summed E-state index contributed by atoms with van der Waals surface area (Å²) in [5, 5.41) is 3.00. The molecule has 0 bridgehead atoms. The normalized spacial score (nSPS) is 21.0. The van der Waals surface area contributed by atoms with Crippen molar-refractivity contribution in [2.24, 2.45) is 0 Å². The van der Waals surface area contributed by atoms with Gasteiger partial charge in [0.2, 0.25) is 5.91 Å². The molecule has 1 unspecified atom stereocenters. The van der Waals surface area contributed by atoms with Crippen LogP contribution >= 0.6 is 22.6 Å². The molecule has 1 aromatic carbocycles. The van der Waals surface area contributed by atoms with Gasteiger partial charge in [0.1, 0.15) is 0 Å². The molecule has 3 heteroatoms. The maximum absolute atomic E-state index is 11.1. The van der Waals surface area contributed by atoms with Crippen LogP contribution in [0.25, 0.3) is 0 Å². The summed E-state index contributed by atoms with van der Waals surface area (Å²) in [6.45, 7) is 2.11. The number of nitrogens with one attached hydrogen (secondary N) is 1. The third-order valence-corrected chi connectivity index (χ3v) is 3.85. The average Bonchev–Trinajstić information content (AvgIpc) is 2.57. The van der Waals surface area contributed by atoms with Crippen molar-refractivity contribution in [2.45, 2.75) is 25.8 Å². The van der Waals surface area contributed by atoms with Crippen LogP contribution in [0.5, 0.6) is 0 Å². The van der Waals surface area contributed by atoms with E-state index in [0.29, 0.717) is 6.42 Å². The standard InChI is InChI=1S/C11H12INO/c1-7-8(3-2-4-9(7)12)10-5-6-11(14)13-10/h2-4,10H,5-6H2,1H3,(H,13,14). The van der Waals surface area contributed by atoms with E-state index in [9.17, 15) is 4.79 Å². The Morgan fingerprint density at radius 1 is 1.50 bits per heavy atom. The lowest BCUT2D eigenvalue weighted by molar-refractivity contribution is -0.119. The topological polar surface area (TPSA) is 29.1 Å². The molecule has 1 atom stereocenters. The largest absolute Gasteiger partial charge is 0.349 e. The lowest BCUT2D eigenvalue weighted by atomic mass is 10.0. The third kappa shape index (κ3) is 1.78. The van der Waals surface area contributed by atoms with E-state index in [4.69, 9.17) is 0 Å². The predicted molar refractivity (Wildman–Crippen MR) is 64.0 cm³/mol. The van der Waals surface area contributed by atoms with Crippen molar-refractivity contribution in [3.05, 3.63) is 32.9 Å². The highest BCUT2D eigenvalue weighted by atomic mass is 127. The Labute approximate surface area is 97.2 Å². The molecular formula is C11H12INO. The smallest absolute Gasteiger partial charge is 0.220 e. The second kappa shape index (κ2) is 3.88. The van der Waals surface area contributed by atoms with Gasteiger partial charge in [-0.25, -0.2) is 0 Å². The van der Waals surface area contributed by atoms with E-state index < -0.39 is 0 Å². The zero-order valence-electron chi connectivity index (χ0n) is 8.01. The molecule has 1 aromatic rings. The van der Waals surface area contributed by atoms with Crippen molar-refractivity contribution in [1.82, 2.24) is 5.32 Å². The molecule has 0 saturated carbocycles. The van der Waals surface area contributed by atoms with Crippen LogP contribution in [0.15, 0.2) is 18.2 Å².